The van der Waals surface area contributed by atoms with Gasteiger partial charge in [0.15, 0.2) is 0 Å². The molecule has 6 heteroatoms. The van der Waals surface area contributed by atoms with Gasteiger partial charge in [0.2, 0.25) is 0 Å². The van der Waals surface area contributed by atoms with Crippen LogP contribution in [0.1, 0.15) is 37.4 Å². The summed E-state index contributed by atoms with van der Waals surface area (Å²) in [6.07, 6.45) is 0.785. The molecule has 34 heavy (non-hydrogen) atoms. The molecule has 0 aliphatic carbocycles. The van der Waals surface area contributed by atoms with Gasteiger partial charge in [-0.1, -0.05) is 65.7 Å². The summed E-state index contributed by atoms with van der Waals surface area (Å²) in [6, 6.07) is 27.8. The van der Waals surface area contributed by atoms with Gasteiger partial charge in [-0.05, 0) is 71.6 Å². The summed E-state index contributed by atoms with van der Waals surface area (Å²) in [5.74, 6) is -0.468. The van der Waals surface area contributed by atoms with Crippen molar-refractivity contribution in [2.24, 2.45) is 0 Å². The third kappa shape index (κ3) is 4.43. The molecule has 168 valence electrons. The van der Waals surface area contributed by atoms with Crippen LogP contribution in [0.2, 0.25) is 10.0 Å². The molecule has 2 amide bonds. The predicted octanol–water partition coefficient (Wildman–Crippen LogP) is 7.00. The number of hydrogen-bond donors (Lipinski definition) is 1. The predicted molar refractivity (Wildman–Crippen MR) is 137 cm³/mol. The lowest BCUT2D eigenvalue weighted by molar-refractivity contribution is 0.0984. The number of nitrogens with zero attached hydrogens (tertiary/aromatic N) is 1. The van der Waals surface area contributed by atoms with E-state index in [2.05, 4.69) is 23.5 Å². The van der Waals surface area contributed by atoms with Crippen molar-refractivity contribution in [2.75, 3.05) is 10.2 Å². The summed E-state index contributed by atoms with van der Waals surface area (Å²) in [5.41, 5.74) is 5.76. The van der Waals surface area contributed by atoms with Crippen LogP contribution in [0.5, 0.6) is 0 Å². The molecule has 4 nitrogen and oxygen atoms in total. The van der Waals surface area contributed by atoms with Gasteiger partial charge in [-0.3, -0.25) is 9.59 Å². The first-order chi connectivity index (χ1) is 16.5. The van der Waals surface area contributed by atoms with Gasteiger partial charge >= 0.3 is 0 Å². The zero-order valence-corrected chi connectivity index (χ0v) is 19.6. The molecule has 4 aromatic carbocycles. The van der Waals surface area contributed by atoms with Gasteiger partial charge < -0.3 is 10.2 Å². The molecule has 4 aromatic rings. The highest BCUT2D eigenvalue weighted by Gasteiger charge is 2.24. The monoisotopic (exact) mass is 486 g/mol. The highest BCUT2D eigenvalue weighted by atomic mass is 35.5. The van der Waals surface area contributed by atoms with E-state index < -0.39 is 0 Å². The summed E-state index contributed by atoms with van der Waals surface area (Å²) in [7, 11) is 0. The Labute approximate surface area is 207 Å². The number of halogens is 2. The average Bonchev–Trinajstić information content (AvgIpc) is 3.02. The smallest absolute Gasteiger partial charge is 0.258 e. The number of anilines is 2. The number of benzene rings is 4. The first-order valence-corrected chi connectivity index (χ1v) is 11.6. The van der Waals surface area contributed by atoms with Gasteiger partial charge in [0.25, 0.3) is 11.8 Å². The topological polar surface area (TPSA) is 49.4 Å². The van der Waals surface area contributed by atoms with Crippen LogP contribution in [0.3, 0.4) is 0 Å². The number of hydrogen-bond acceptors (Lipinski definition) is 2. The molecule has 0 unspecified atom stereocenters. The van der Waals surface area contributed by atoms with E-state index in [0.717, 1.165) is 23.2 Å². The normalized spacial score (nSPS) is 12.4. The van der Waals surface area contributed by atoms with E-state index in [9.17, 15) is 9.59 Å². The van der Waals surface area contributed by atoms with Crippen LogP contribution in [0.25, 0.3) is 0 Å². The van der Waals surface area contributed by atoms with Crippen molar-refractivity contribution < 1.29 is 9.59 Å². The van der Waals surface area contributed by atoms with Crippen molar-refractivity contribution in [3.63, 3.8) is 0 Å². The largest absolute Gasteiger partial charge is 0.322 e. The number of fused-ring (bicyclic) bond motifs is 2. The van der Waals surface area contributed by atoms with Gasteiger partial charge in [-0.15, -0.1) is 0 Å². The molecule has 0 bridgehead atoms. The summed E-state index contributed by atoms with van der Waals surface area (Å²) < 4.78 is 0. The lowest BCUT2D eigenvalue weighted by Crippen LogP contribution is -2.30. The number of rotatable bonds is 3. The number of carbonyl (C=O) groups is 2. The molecule has 0 aromatic heterocycles. The van der Waals surface area contributed by atoms with Crippen LogP contribution >= 0.6 is 23.2 Å². The summed E-state index contributed by atoms with van der Waals surface area (Å²) >= 11 is 12.1. The first kappa shape index (κ1) is 22.2. The quantitative estimate of drug-likeness (QED) is 0.338. The zero-order valence-electron chi connectivity index (χ0n) is 18.1. The summed E-state index contributed by atoms with van der Waals surface area (Å²) in [6.45, 7) is 0.498. The van der Waals surface area contributed by atoms with Gasteiger partial charge in [0.05, 0.1) is 17.1 Å². The second kappa shape index (κ2) is 9.34. The van der Waals surface area contributed by atoms with E-state index in [1.165, 1.54) is 11.6 Å². The molecule has 0 saturated heterocycles. The van der Waals surface area contributed by atoms with Crippen molar-refractivity contribution in [1.82, 2.24) is 0 Å². The zero-order chi connectivity index (χ0) is 23.7. The second-order valence-electron chi connectivity index (χ2n) is 8.12. The van der Waals surface area contributed by atoms with Crippen molar-refractivity contribution in [1.29, 1.82) is 0 Å². The SMILES string of the molecule is O=C(Nc1ccc(C(=O)N2Cc3ccccc3Cc3ccccc32)cc1)c1cc(Cl)ccc1Cl. The van der Waals surface area contributed by atoms with E-state index >= 15 is 0 Å². The fourth-order valence-corrected chi connectivity index (χ4v) is 4.55. The number of amides is 2. The minimum atomic E-state index is -0.371. The Hall–Kier alpha value is -3.60. The maximum Gasteiger partial charge on any atom is 0.258 e. The Kier molecular flexibility index (Phi) is 6.10. The molecule has 0 saturated carbocycles. The van der Waals surface area contributed by atoms with E-state index in [0.29, 0.717) is 27.8 Å². The van der Waals surface area contributed by atoms with E-state index in [1.54, 1.807) is 36.4 Å². The third-order valence-electron chi connectivity index (χ3n) is 5.92. The molecule has 1 aliphatic heterocycles. The Bertz CT molecular complexity index is 1400. The van der Waals surface area contributed by atoms with Crippen molar-refractivity contribution in [3.05, 3.63) is 129 Å². The Balaban J connectivity index is 1.40. The lowest BCUT2D eigenvalue weighted by atomic mass is 10.0. The molecule has 1 heterocycles. The van der Waals surface area contributed by atoms with Crippen LogP contribution < -0.4 is 10.2 Å². The molecule has 0 radical (unpaired) electrons. The van der Waals surface area contributed by atoms with Crippen LogP contribution in [0, 0.1) is 0 Å². The Morgan fingerprint density at radius 1 is 0.765 bits per heavy atom. The van der Waals surface area contributed by atoms with Gasteiger partial charge in [0, 0.05) is 22.0 Å². The molecular weight excluding hydrogens is 467 g/mol. The Morgan fingerprint density at radius 2 is 1.44 bits per heavy atom. The van der Waals surface area contributed by atoms with Gasteiger partial charge in [-0.2, -0.15) is 0 Å². The van der Waals surface area contributed by atoms with Crippen LogP contribution in [-0.4, -0.2) is 11.8 Å². The molecular formula is C28H20Cl2N2O2. The van der Waals surface area contributed by atoms with Crippen molar-refractivity contribution >= 4 is 46.4 Å². The Morgan fingerprint density at radius 3 is 2.21 bits per heavy atom. The van der Waals surface area contributed by atoms with Gasteiger partial charge in [-0.25, -0.2) is 0 Å². The summed E-state index contributed by atoms with van der Waals surface area (Å²) in [4.78, 5) is 28.0. The van der Waals surface area contributed by atoms with E-state index in [1.807, 2.05) is 35.2 Å². The minimum absolute atomic E-state index is 0.0973. The highest BCUT2D eigenvalue weighted by molar-refractivity contribution is 6.36. The lowest BCUT2D eigenvalue weighted by Gasteiger charge is -2.23. The average molecular weight is 487 g/mol. The highest BCUT2D eigenvalue weighted by Crippen LogP contribution is 2.32. The van der Waals surface area contributed by atoms with Crippen LogP contribution in [0.15, 0.2) is 91.0 Å². The second-order valence-corrected chi connectivity index (χ2v) is 8.96. The van der Waals surface area contributed by atoms with Gasteiger partial charge in [0.1, 0.15) is 0 Å². The number of para-hydroxylation sites is 1. The number of nitrogens with one attached hydrogen (secondary N) is 1. The van der Waals surface area contributed by atoms with Crippen LogP contribution in [0.4, 0.5) is 11.4 Å². The van der Waals surface area contributed by atoms with Crippen molar-refractivity contribution in [2.45, 2.75) is 13.0 Å². The molecule has 0 spiro atoms. The third-order valence-corrected chi connectivity index (χ3v) is 6.48. The molecule has 5 rings (SSSR count). The molecule has 0 fully saturated rings. The molecule has 1 aliphatic rings. The van der Waals surface area contributed by atoms with E-state index in [4.69, 9.17) is 23.2 Å². The van der Waals surface area contributed by atoms with Crippen molar-refractivity contribution in [3.8, 4) is 0 Å². The maximum absolute atomic E-state index is 13.6. The van der Waals surface area contributed by atoms with Crippen LogP contribution in [-0.2, 0) is 13.0 Å². The minimum Gasteiger partial charge on any atom is -0.322 e. The summed E-state index contributed by atoms with van der Waals surface area (Å²) in [5, 5.41) is 3.54. The first-order valence-electron chi connectivity index (χ1n) is 10.8. The fraction of sp³-hybridized carbons (Fsp3) is 0.0714. The molecule has 0 atom stereocenters. The number of carbonyl (C=O) groups excluding carboxylic acids is 2. The molecule has 1 N–H and O–H groups in total. The fourth-order valence-electron chi connectivity index (χ4n) is 4.17. The van der Waals surface area contributed by atoms with E-state index in [-0.39, 0.29) is 17.4 Å². The standard InChI is InChI=1S/C28H20Cl2N2O2/c29-22-11-14-25(30)24(16-22)27(33)31-23-12-9-18(10-13-23)28(34)32-17-21-7-2-1-5-19(21)15-20-6-3-4-8-26(20)32/h1-14,16H,15,17H2,(H,31,33). The maximum atomic E-state index is 13.6.